The summed E-state index contributed by atoms with van der Waals surface area (Å²) in [5, 5.41) is 2.11. The highest BCUT2D eigenvalue weighted by Gasteiger charge is 2.49. The van der Waals surface area contributed by atoms with Gasteiger partial charge in [0.1, 0.15) is 11.7 Å². The first-order chi connectivity index (χ1) is 13.5. The van der Waals surface area contributed by atoms with E-state index in [1.807, 2.05) is 36.4 Å². The van der Waals surface area contributed by atoms with Crippen LogP contribution in [0.5, 0.6) is 0 Å². The minimum atomic E-state index is -0.469. The van der Waals surface area contributed by atoms with E-state index >= 15 is 0 Å². The van der Waals surface area contributed by atoms with E-state index in [1.54, 1.807) is 12.1 Å². The van der Waals surface area contributed by atoms with E-state index < -0.39 is 5.60 Å². The number of benzene rings is 2. The summed E-state index contributed by atoms with van der Waals surface area (Å²) in [5.41, 5.74) is 0.657. The molecule has 0 bridgehead atoms. The van der Waals surface area contributed by atoms with Crippen molar-refractivity contribution in [3.8, 4) is 0 Å². The molecule has 1 aliphatic rings. The number of carbonyl (C=O) groups excluding carboxylic acids is 1. The molecule has 0 atom stereocenters. The van der Waals surface area contributed by atoms with Crippen LogP contribution in [0.15, 0.2) is 60.7 Å². The third-order valence-electron chi connectivity index (χ3n) is 5.63. The fourth-order valence-electron chi connectivity index (χ4n) is 4.42. The van der Waals surface area contributed by atoms with Gasteiger partial charge in [-0.3, -0.25) is 4.84 Å². The summed E-state index contributed by atoms with van der Waals surface area (Å²) in [6, 6.07) is 19.5. The molecule has 1 fully saturated rings. The Morgan fingerprint density at radius 3 is 1.90 bits per heavy atom. The van der Waals surface area contributed by atoms with Crippen molar-refractivity contribution in [3.05, 3.63) is 71.8 Å². The molecule has 0 spiro atoms. The summed E-state index contributed by atoms with van der Waals surface area (Å²) in [4.78, 5) is 19.2. The number of hydroxylamine groups is 2. The van der Waals surface area contributed by atoms with Crippen LogP contribution in [0.2, 0.25) is 0 Å². The molecule has 0 N–H and O–H groups in total. The topological polar surface area (TPSA) is 38.8 Å². The van der Waals surface area contributed by atoms with E-state index in [1.165, 1.54) is 0 Å². The maximum atomic E-state index is 12.6. The maximum Gasteiger partial charge on any atom is 0.338 e. The Hall–Kier alpha value is -2.17. The van der Waals surface area contributed by atoms with Crippen molar-refractivity contribution in [1.29, 1.82) is 0 Å². The van der Waals surface area contributed by atoms with Crippen LogP contribution in [0.1, 0.15) is 70.3 Å². The largest absolute Gasteiger partial charge is 0.459 e. The second-order valence-corrected chi connectivity index (χ2v) is 9.69. The summed E-state index contributed by atoms with van der Waals surface area (Å²) < 4.78 is 5.89. The number of esters is 1. The van der Waals surface area contributed by atoms with E-state index in [0.717, 1.165) is 5.56 Å². The number of ether oxygens (including phenoxy) is 1. The van der Waals surface area contributed by atoms with Crippen LogP contribution in [0.3, 0.4) is 0 Å². The minimum Gasteiger partial charge on any atom is -0.459 e. The molecule has 0 saturated carbocycles. The number of piperidine rings is 1. The molecule has 29 heavy (non-hydrogen) atoms. The molecule has 1 aliphatic heterocycles. The average Bonchev–Trinajstić information content (AvgIpc) is 2.66. The first-order valence-electron chi connectivity index (χ1n) is 10.3. The zero-order valence-corrected chi connectivity index (χ0v) is 18.4. The Balaban J connectivity index is 1.76. The van der Waals surface area contributed by atoms with Crippen molar-refractivity contribution in [2.45, 2.75) is 77.2 Å². The van der Waals surface area contributed by atoms with Crippen LogP contribution in [0, 0.1) is 0 Å². The van der Waals surface area contributed by atoms with Crippen molar-refractivity contribution in [1.82, 2.24) is 5.06 Å². The molecule has 156 valence electrons. The highest BCUT2D eigenvalue weighted by molar-refractivity contribution is 5.89. The number of carbonyl (C=O) groups is 1. The van der Waals surface area contributed by atoms with Crippen LogP contribution in [-0.4, -0.2) is 28.2 Å². The van der Waals surface area contributed by atoms with Gasteiger partial charge >= 0.3 is 5.97 Å². The fraction of sp³-hybridized carbons (Fsp3) is 0.480. The first-order valence-corrected chi connectivity index (χ1v) is 10.3. The Labute approximate surface area is 174 Å². The van der Waals surface area contributed by atoms with E-state index in [0.29, 0.717) is 18.4 Å². The number of rotatable bonds is 5. The van der Waals surface area contributed by atoms with Gasteiger partial charge in [-0.1, -0.05) is 48.5 Å². The molecular weight excluding hydrogens is 362 g/mol. The molecule has 0 aromatic heterocycles. The van der Waals surface area contributed by atoms with Crippen LogP contribution in [0.25, 0.3) is 0 Å². The maximum absolute atomic E-state index is 12.6. The third-order valence-corrected chi connectivity index (χ3v) is 5.63. The predicted molar refractivity (Wildman–Crippen MR) is 115 cm³/mol. The average molecular weight is 396 g/mol. The Bertz CT molecular complexity index is 810. The van der Waals surface area contributed by atoms with Gasteiger partial charge in [0.05, 0.1) is 5.56 Å². The second-order valence-electron chi connectivity index (χ2n) is 9.69. The normalized spacial score (nSPS) is 19.7. The molecule has 2 aromatic carbocycles. The Morgan fingerprint density at radius 1 is 0.897 bits per heavy atom. The van der Waals surface area contributed by atoms with Gasteiger partial charge in [0.2, 0.25) is 0 Å². The molecule has 2 aromatic rings. The summed E-state index contributed by atoms with van der Waals surface area (Å²) in [7, 11) is 0. The molecule has 3 rings (SSSR count). The fourth-order valence-corrected chi connectivity index (χ4v) is 4.42. The molecular formula is C25H33NO3. The Morgan fingerprint density at radius 2 is 1.38 bits per heavy atom. The molecule has 0 radical (unpaired) electrons. The highest BCUT2D eigenvalue weighted by Crippen LogP contribution is 2.43. The SMILES string of the molecule is CC(C)(ON1C(C)(C)CC(OC(=O)c2ccccc2)CC1(C)C)c1ccccc1. The lowest BCUT2D eigenvalue weighted by Gasteiger charge is -2.55. The molecule has 1 saturated heterocycles. The van der Waals surface area contributed by atoms with E-state index in [9.17, 15) is 4.79 Å². The van der Waals surface area contributed by atoms with E-state index in [-0.39, 0.29) is 23.2 Å². The van der Waals surface area contributed by atoms with Gasteiger partial charge in [0.15, 0.2) is 0 Å². The van der Waals surface area contributed by atoms with Gasteiger partial charge in [-0.2, -0.15) is 5.06 Å². The lowest BCUT2D eigenvalue weighted by Crippen LogP contribution is -2.63. The number of hydrogen-bond donors (Lipinski definition) is 0. The highest BCUT2D eigenvalue weighted by atomic mass is 16.7. The zero-order valence-electron chi connectivity index (χ0n) is 18.4. The van der Waals surface area contributed by atoms with Crippen molar-refractivity contribution in [2.24, 2.45) is 0 Å². The smallest absolute Gasteiger partial charge is 0.338 e. The summed E-state index contributed by atoms with van der Waals surface area (Å²) in [5.74, 6) is -0.263. The van der Waals surface area contributed by atoms with Crippen LogP contribution < -0.4 is 0 Å². The predicted octanol–water partition coefficient (Wildman–Crippen LogP) is 5.73. The lowest BCUT2D eigenvalue weighted by atomic mass is 9.80. The first kappa shape index (κ1) is 21.5. The molecule has 0 unspecified atom stereocenters. The number of hydrogen-bond acceptors (Lipinski definition) is 4. The van der Waals surface area contributed by atoms with E-state index in [2.05, 4.69) is 58.7 Å². The summed E-state index contributed by atoms with van der Waals surface area (Å²) in [6.45, 7) is 12.8. The third kappa shape index (κ3) is 4.88. The lowest BCUT2D eigenvalue weighted by molar-refractivity contribution is -0.340. The van der Waals surface area contributed by atoms with E-state index in [4.69, 9.17) is 9.57 Å². The zero-order chi connectivity index (χ0) is 21.3. The molecule has 0 amide bonds. The van der Waals surface area contributed by atoms with Gasteiger partial charge in [-0.15, -0.1) is 0 Å². The number of nitrogens with zero attached hydrogens (tertiary/aromatic N) is 1. The quantitative estimate of drug-likeness (QED) is 0.606. The molecule has 4 heteroatoms. The van der Waals surface area contributed by atoms with Gasteiger partial charge in [0.25, 0.3) is 0 Å². The monoisotopic (exact) mass is 395 g/mol. The van der Waals surface area contributed by atoms with Gasteiger partial charge in [-0.05, 0) is 59.2 Å². The van der Waals surface area contributed by atoms with Crippen molar-refractivity contribution >= 4 is 5.97 Å². The second kappa shape index (κ2) is 7.92. The summed E-state index contributed by atoms with van der Waals surface area (Å²) in [6.07, 6.45) is 1.26. The molecule has 0 aliphatic carbocycles. The van der Waals surface area contributed by atoms with Gasteiger partial charge in [0, 0.05) is 23.9 Å². The van der Waals surface area contributed by atoms with Gasteiger partial charge in [-0.25, -0.2) is 4.79 Å². The Kier molecular flexibility index (Phi) is 5.88. The van der Waals surface area contributed by atoms with Crippen molar-refractivity contribution in [2.75, 3.05) is 0 Å². The molecule has 4 nitrogen and oxygen atoms in total. The molecule has 1 heterocycles. The summed E-state index contributed by atoms with van der Waals surface area (Å²) >= 11 is 0. The van der Waals surface area contributed by atoms with Crippen LogP contribution in [0.4, 0.5) is 0 Å². The van der Waals surface area contributed by atoms with Crippen LogP contribution >= 0.6 is 0 Å². The standard InChI is InChI=1S/C25H33NO3/c1-23(2)17-21(28-22(27)19-13-9-7-10-14-19)18-24(3,4)26(23)29-25(5,6)20-15-11-8-12-16-20/h7-16,21H,17-18H2,1-6H3. The van der Waals surface area contributed by atoms with Crippen molar-refractivity contribution in [3.63, 3.8) is 0 Å². The van der Waals surface area contributed by atoms with Crippen LogP contribution in [-0.2, 0) is 15.2 Å². The van der Waals surface area contributed by atoms with Gasteiger partial charge < -0.3 is 4.74 Å². The van der Waals surface area contributed by atoms with Crippen molar-refractivity contribution < 1.29 is 14.4 Å². The minimum absolute atomic E-state index is 0.160.